The predicted octanol–water partition coefficient (Wildman–Crippen LogP) is 2.38. The Bertz CT molecular complexity index is 750. The maximum Gasteiger partial charge on any atom is 0.258 e. The zero-order chi connectivity index (χ0) is 14.1. The molecule has 0 atom stereocenters. The van der Waals surface area contributed by atoms with Gasteiger partial charge in [0.15, 0.2) is 5.82 Å². The summed E-state index contributed by atoms with van der Waals surface area (Å²) in [6.07, 6.45) is 0.531. The molecule has 0 fully saturated rings. The first-order valence-electron chi connectivity index (χ1n) is 5.94. The highest BCUT2D eigenvalue weighted by molar-refractivity contribution is 7.09. The predicted molar refractivity (Wildman–Crippen MR) is 75.5 cm³/mol. The number of aromatic hydroxyl groups is 1. The Hall–Kier alpha value is -2.41. The molecule has 2 aromatic heterocycles. The molecular formula is C13H12N4O2S. The van der Waals surface area contributed by atoms with Crippen LogP contribution in [0.1, 0.15) is 16.5 Å². The summed E-state index contributed by atoms with van der Waals surface area (Å²) in [6, 6.07) is 4.82. The molecule has 7 heteroatoms. The molecule has 0 amide bonds. The number of nitrogens with two attached hydrogens (primary N) is 1. The van der Waals surface area contributed by atoms with Gasteiger partial charge in [-0.25, -0.2) is 4.98 Å². The van der Waals surface area contributed by atoms with Crippen molar-refractivity contribution >= 4 is 17.0 Å². The van der Waals surface area contributed by atoms with Gasteiger partial charge in [-0.1, -0.05) is 5.16 Å². The highest BCUT2D eigenvalue weighted by atomic mass is 32.1. The number of nitrogen functional groups attached to an aromatic ring is 1. The van der Waals surface area contributed by atoms with E-state index < -0.39 is 0 Å². The van der Waals surface area contributed by atoms with Crippen LogP contribution in [0.15, 0.2) is 28.1 Å². The zero-order valence-electron chi connectivity index (χ0n) is 10.7. The minimum Gasteiger partial charge on any atom is -0.506 e. The lowest BCUT2D eigenvalue weighted by Crippen LogP contribution is -1.90. The molecule has 3 rings (SSSR count). The fourth-order valence-electron chi connectivity index (χ4n) is 1.74. The quantitative estimate of drug-likeness (QED) is 0.567. The van der Waals surface area contributed by atoms with Gasteiger partial charge in [0.25, 0.3) is 5.89 Å². The minimum absolute atomic E-state index is 0.00204. The van der Waals surface area contributed by atoms with Crippen molar-refractivity contribution < 1.29 is 9.63 Å². The van der Waals surface area contributed by atoms with Crippen molar-refractivity contribution in [2.75, 3.05) is 5.73 Å². The van der Waals surface area contributed by atoms with E-state index in [9.17, 15) is 5.11 Å². The molecule has 0 saturated heterocycles. The molecule has 0 aliphatic rings. The summed E-state index contributed by atoms with van der Waals surface area (Å²) in [5.74, 6) is 0.909. The van der Waals surface area contributed by atoms with Gasteiger partial charge in [-0.05, 0) is 25.1 Å². The highest BCUT2D eigenvalue weighted by Gasteiger charge is 2.12. The molecule has 3 aromatic rings. The largest absolute Gasteiger partial charge is 0.506 e. The van der Waals surface area contributed by atoms with Gasteiger partial charge in [0.1, 0.15) is 10.8 Å². The van der Waals surface area contributed by atoms with E-state index in [0.717, 1.165) is 10.7 Å². The summed E-state index contributed by atoms with van der Waals surface area (Å²) in [5, 5.41) is 16.4. The van der Waals surface area contributed by atoms with Gasteiger partial charge in [0.05, 0.1) is 12.1 Å². The standard InChI is InChI=1S/C13H12N4O2S/c1-7-6-20-12(15-7)5-11-16-13(19-17-11)8-2-3-9(14)10(18)4-8/h2-4,6,18H,5,14H2,1H3. The minimum atomic E-state index is -0.00204. The molecule has 6 nitrogen and oxygen atoms in total. The van der Waals surface area contributed by atoms with Crippen molar-refractivity contribution in [2.45, 2.75) is 13.3 Å². The molecule has 0 radical (unpaired) electrons. The van der Waals surface area contributed by atoms with Crippen LogP contribution in [0, 0.1) is 6.92 Å². The van der Waals surface area contributed by atoms with Crippen LogP contribution in [-0.4, -0.2) is 20.2 Å². The second-order valence-corrected chi connectivity index (χ2v) is 5.29. The van der Waals surface area contributed by atoms with E-state index in [-0.39, 0.29) is 5.75 Å². The van der Waals surface area contributed by atoms with E-state index in [2.05, 4.69) is 15.1 Å². The molecule has 20 heavy (non-hydrogen) atoms. The van der Waals surface area contributed by atoms with Gasteiger partial charge < -0.3 is 15.4 Å². The number of nitrogens with zero attached hydrogens (tertiary/aromatic N) is 3. The molecule has 1 aromatic carbocycles. The van der Waals surface area contributed by atoms with E-state index in [4.69, 9.17) is 10.3 Å². The van der Waals surface area contributed by atoms with Gasteiger partial charge in [-0.3, -0.25) is 0 Å². The van der Waals surface area contributed by atoms with Crippen molar-refractivity contribution in [3.63, 3.8) is 0 Å². The van der Waals surface area contributed by atoms with E-state index in [0.29, 0.717) is 29.4 Å². The molecule has 0 bridgehead atoms. The van der Waals surface area contributed by atoms with E-state index in [1.165, 1.54) is 6.07 Å². The second-order valence-electron chi connectivity index (χ2n) is 4.35. The van der Waals surface area contributed by atoms with Crippen LogP contribution >= 0.6 is 11.3 Å². The Morgan fingerprint density at radius 1 is 1.35 bits per heavy atom. The van der Waals surface area contributed by atoms with E-state index in [1.807, 2.05) is 12.3 Å². The third-order valence-electron chi connectivity index (χ3n) is 2.72. The molecule has 102 valence electrons. The summed E-state index contributed by atoms with van der Waals surface area (Å²) >= 11 is 1.56. The monoisotopic (exact) mass is 288 g/mol. The normalized spacial score (nSPS) is 10.8. The Labute approximate surface area is 118 Å². The first kappa shape index (κ1) is 12.6. The maximum absolute atomic E-state index is 9.58. The highest BCUT2D eigenvalue weighted by Crippen LogP contribution is 2.27. The molecular weight excluding hydrogens is 276 g/mol. The fourth-order valence-corrected chi connectivity index (χ4v) is 2.51. The van der Waals surface area contributed by atoms with Crippen molar-refractivity contribution in [1.29, 1.82) is 0 Å². The maximum atomic E-state index is 9.58. The number of thiazole rings is 1. The summed E-state index contributed by atoms with van der Waals surface area (Å²) in [6.45, 7) is 1.94. The number of phenolic OH excluding ortho intramolecular Hbond substituents is 1. The molecule has 0 saturated carbocycles. The van der Waals surface area contributed by atoms with Crippen LogP contribution in [0.4, 0.5) is 5.69 Å². The SMILES string of the molecule is Cc1csc(Cc2noc(-c3ccc(N)c(O)c3)n2)n1. The molecule has 0 unspecified atom stereocenters. The first-order valence-corrected chi connectivity index (χ1v) is 6.82. The number of hydrogen-bond donors (Lipinski definition) is 2. The Morgan fingerprint density at radius 2 is 2.20 bits per heavy atom. The number of rotatable bonds is 3. The van der Waals surface area contributed by atoms with E-state index in [1.54, 1.807) is 23.5 Å². The van der Waals surface area contributed by atoms with Crippen molar-refractivity contribution in [1.82, 2.24) is 15.1 Å². The zero-order valence-corrected chi connectivity index (χ0v) is 11.5. The Balaban J connectivity index is 1.84. The van der Waals surface area contributed by atoms with Crippen molar-refractivity contribution in [3.05, 3.63) is 40.1 Å². The average molecular weight is 288 g/mol. The topological polar surface area (TPSA) is 98.1 Å². The summed E-state index contributed by atoms with van der Waals surface area (Å²) in [4.78, 5) is 8.65. The van der Waals surface area contributed by atoms with Crippen LogP contribution in [-0.2, 0) is 6.42 Å². The lowest BCUT2D eigenvalue weighted by Gasteiger charge is -1.99. The molecule has 2 heterocycles. The summed E-state index contributed by atoms with van der Waals surface area (Å²) in [5.41, 5.74) is 7.48. The Morgan fingerprint density at radius 3 is 2.90 bits per heavy atom. The van der Waals surface area contributed by atoms with Gasteiger partial charge in [-0.2, -0.15) is 4.98 Å². The van der Waals surface area contributed by atoms with Gasteiger partial charge in [0, 0.05) is 16.6 Å². The van der Waals surface area contributed by atoms with Crippen LogP contribution in [0.3, 0.4) is 0 Å². The summed E-state index contributed by atoms with van der Waals surface area (Å²) < 4.78 is 5.19. The number of aromatic nitrogens is 3. The van der Waals surface area contributed by atoms with Gasteiger partial charge in [0.2, 0.25) is 0 Å². The lowest BCUT2D eigenvalue weighted by molar-refractivity contribution is 0.423. The van der Waals surface area contributed by atoms with Gasteiger partial charge in [-0.15, -0.1) is 11.3 Å². The first-order chi connectivity index (χ1) is 9.61. The number of hydrogen-bond acceptors (Lipinski definition) is 7. The van der Waals surface area contributed by atoms with Crippen molar-refractivity contribution in [2.24, 2.45) is 0 Å². The summed E-state index contributed by atoms with van der Waals surface area (Å²) in [7, 11) is 0. The van der Waals surface area contributed by atoms with Crippen LogP contribution in [0.5, 0.6) is 5.75 Å². The van der Waals surface area contributed by atoms with Crippen LogP contribution in [0.2, 0.25) is 0 Å². The van der Waals surface area contributed by atoms with Crippen LogP contribution in [0.25, 0.3) is 11.5 Å². The number of phenols is 1. The third kappa shape index (κ3) is 2.48. The van der Waals surface area contributed by atoms with Crippen LogP contribution < -0.4 is 5.73 Å². The van der Waals surface area contributed by atoms with Crippen molar-refractivity contribution in [3.8, 4) is 17.2 Å². The van der Waals surface area contributed by atoms with E-state index >= 15 is 0 Å². The average Bonchev–Trinajstić information content (AvgIpc) is 3.03. The van der Waals surface area contributed by atoms with Gasteiger partial charge >= 0.3 is 0 Å². The molecule has 0 aliphatic heterocycles. The lowest BCUT2D eigenvalue weighted by atomic mass is 10.2. The third-order valence-corrected chi connectivity index (χ3v) is 3.69. The smallest absolute Gasteiger partial charge is 0.258 e. The molecule has 3 N–H and O–H groups in total. The number of anilines is 1. The fraction of sp³-hybridized carbons (Fsp3) is 0.154. The number of benzene rings is 1. The Kier molecular flexibility index (Phi) is 3.11. The molecule has 0 aliphatic carbocycles. The second kappa shape index (κ2) is 4.93. The molecule has 0 spiro atoms. The number of aryl methyl sites for hydroxylation is 1.